The molecule has 0 saturated heterocycles. The van der Waals surface area contributed by atoms with Crippen molar-refractivity contribution in [1.29, 1.82) is 0 Å². The molecule has 3 rings (SSSR count). The van der Waals surface area contributed by atoms with Crippen molar-refractivity contribution in [3.63, 3.8) is 0 Å². The summed E-state index contributed by atoms with van der Waals surface area (Å²) in [5.41, 5.74) is 2.16. The second-order valence-corrected chi connectivity index (χ2v) is 6.75. The number of hydrogen-bond donors (Lipinski definition) is 2. The number of halogens is 3. The first-order valence-corrected chi connectivity index (χ1v) is 8.74. The maximum atomic E-state index is 12.6. The number of aromatic nitrogens is 2. The third kappa shape index (κ3) is 4.24. The molecule has 3 aromatic rings. The van der Waals surface area contributed by atoms with Crippen LogP contribution >= 0.6 is 0 Å². The van der Waals surface area contributed by atoms with Gasteiger partial charge in [-0.25, -0.2) is 0 Å². The summed E-state index contributed by atoms with van der Waals surface area (Å²) < 4.78 is 37.8. The fraction of sp³-hybridized carbons (Fsp3) is 0.238. The van der Waals surface area contributed by atoms with Gasteiger partial charge in [-0.05, 0) is 44.4 Å². The van der Waals surface area contributed by atoms with E-state index < -0.39 is 11.7 Å². The summed E-state index contributed by atoms with van der Waals surface area (Å²) in [6.45, 7) is 3.51. The Hall–Kier alpha value is -3.09. The molecule has 0 saturated carbocycles. The first-order chi connectivity index (χ1) is 13.1. The van der Waals surface area contributed by atoms with Gasteiger partial charge in [0.1, 0.15) is 0 Å². The molecule has 1 aromatic carbocycles. The van der Waals surface area contributed by atoms with Crippen LogP contribution in [0.5, 0.6) is 0 Å². The Kier molecular flexibility index (Phi) is 5.27. The molecule has 0 aliphatic carbocycles. The van der Waals surface area contributed by atoms with E-state index in [-0.39, 0.29) is 16.4 Å². The third-order valence-corrected chi connectivity index (χ3v) is 4.56. The molecular formula is C21H19F3N2O2. The largest absolute Gasteiger partial charge is 0.416 e. The Morgan fingerprint density at radius 1 is 0.929 bits per heavy atom. The maximum Gasteiger partial charge on any atom is 0.416 e. The minimum absolute atomic E-state index is 0.225. The van der Waals surface area contributed by atoms with Crippen molar-refractivity contribution in [3.05, 3.63) is 91.3 Å². The van der Waals surface area contributed by atoms with Gasteiger partial charge in [-0.3, -0.25) is 9.59 Å². The number of hydrogen-bond acceptors (Lipinski definition) is 2. The number of nitrogens with one attached hydrogen (secondary N) is 2. The van der Waals surface area contributed by atoms with E-state index in [4.69, 9.17) is 0 Å². The number of benzene rings is 1. The van der Waals surface area contributed by atoms with E-state index in [9.17, 15) is 22.8 Å². The fourth-order valence-corrected chi connectivity index (χ4v) is 3.18. The molecule has 2 N–H and O–H groups in total. The standard InChI is InChI=1S/C21H19F3N2O2/c1-12-9-19(28)20(13(2)26-12)17-11-25-16(10-18(17)27)8-5-14-3-6-15(7-4-14)21(22,23)24/h3-4,6-7,9-11H,5,8H2,1-2H3,(H,25,27)(H,26,28). The summed E-state index contributed by atoms with van der Waals surface area (Å²) in [7, 11) is 0. The highest BCUT2D eigenvalue weighted by molar-refractivity contribution is 5.64. The molecule has 0 radical (unpaired) electrons. The molecule has 0 amide bonds. The zero-order valence-electron chi connectivity index (χ0n) is 15.4. The highest BCUT2D eigenvalue weighted by atomic mass is 19.4. The van der Waals surface area contributed by atoms with Crippen LogP contribution in [0.1, 0.15) is 28.2 Å². The minimum atomic E-state index is -4.36. The van der Waals surface area contributed by atoms with Crippen molar-refractivity contribution < 1.29 is 13.2 Å². The van der Waals surface area contributed by atoms with Crippen LogP contribution in [-0.2, 0) is 19.0 Å². The third-order valence-electron chi connectivity index (χ3n) is 4.56. The smallest absolute Gasteiger partial charge is 0.364 e. The second-order valence-electron chi connectivity index (χ2n) is 6.75. The predicted octanol–water partition coefficient (Wildman–Crippen LogP) is 4.15. The summed E-state index contributed by atoms with van der Waals surface area (Å²) in [5.74, 6) is 0. The van der Waals surface area contributed by atoms with Crippen LogP contribution in [0.2, 0.25) is 0 Å². The molecule has 7 heteroatoms. The van der Waals surface area contributed by atoms with Crippen LogP contribution in [0.15, 0.2) is 52.2 Å². The summed E-state index contributed by atoms with van der Waals surface area (Å²) in [4.78, 5) is 30.8. The normalized spacial score (nSPS) is 11.6. The average Bonchev–Trinajstić information content (AvgIpc) is 2.60. The van der Waals surface area contributed by atoms with E-state index in [1.807, 2.05) is 0 Å². The highest BCUT2D eigenvalue weighted by Crippen LogP contribution is 2.29. The Labute approximate surface area is 159 Å². The van der Waals surface area contributed by atoms with Gasteiger partial charge in [-0.15, -0.1) is 0 Å². The zero-order valence-corrected chi connectivity index (χ0v) is 15.4. The Balaban J connectivity index is 1.78. The van der Waals surface area contributed by atoms with Crippen molar-refractivity contribution in [3.8, 4) is 11.1 Å². The molecule has 0 aliphatic rings. The second kappa shape index (κ2) is 7.50. The van der Waals surface area contributed by atoms with E-state index in [1.165, 1.54) is 30.5 Å². The van der Waals surface area contributed by atoms with Gasteiger partial charge in [0.2, 0.25) is 0 Å². The molecule has 0 unspecified atom stereocenters. The van der Waals surface area contributed by atoms with E-state index in [0.717, 1.165) is 23.4 Å². The molecule has 0 fully saturated rings. The van der Waals surface area contributed by atoms with Crippen LogP contribution in [0.4, 0.5) is 13.2 Å². The molecule has 0 spiro atoms. The quantitative estimate of drug-likeness (QED) is 0.705. The topological polar surface area (TPSA) is 65.7 Å². The predicted molar refractivity (Wildman–Crippen MR) is 101 cm³/mol. The number of aryl methyl sites for hydroxylation is 4. The number of alkyl halides is 3. The van der Waals surface area contributed by atoms with E-state index in [0.29, 0.717) is 29.8 Å². The maximum absolute atomic E-state index is 12.6. The Bertz CT molecular complexity index is 1110. The highest BCUT2D eigenvalue weighted by Gasteiger charge is 2.29. The Morgan fingerprint density at radius 3 is 2.18 bits per heavy atom. The van der Waals surface area contributed by atoms with Gasteiger partial charge in [-0.2, -0.15) is 13.2 Å². The van der Waals surface area contributed by atoms with Crippen LogP contribution in [0.3, 0.4) is 0 Å². The Morgan fingerprint density at radius 2 is 1.61 bits per heavy atom. The van der Waals surface area contributed by atoms with E-state index >= 15 is 0 Å². The molecule has 2 heterocycles. The van der Waals surface area contributed by atoms with Crippen molar-refractivity contribution in [1.82, 2.24) is 9.97 Å². The van der Waals surface area contributed by atoms with Gasteiger partial charge in [0, 0.05) is 35.4 Å². The fourth-order valence-electron chi connectivity index (χ4n) is 3.18. The zero-order chi connectivity index (χ0) is 20.5. The van der Waals surface area contributed by atoms with Gasteiger partial charge < -0.3 is 9.97 Å². The van der Waals surface area contributed by atoms with Gasteiger partial charge in [0.25, 0.3) is 0 Å². The molecule has 0 atom stereocenters. The SMILES string of the molecule is Cc1cc(=O)c(-c2c[nH]c(CCc3ccc(C(F)(F)F)cc3)cc2=O)c(C)[nH]1. The van der Waals surface area contributed by atoms with Gasteiger partial charge in [0.05, 0.1) is 16.7 Å². The lowest BCUT2D eigenvalue weighted by molar-refractivity contribution is -0.137. The summed E-state index contributed by atoms with van der Waals surface area (Å²) in [6.07, 6.45) is -1.90. The first kappa shape index (κ1) is 19.7. The molecule has 2 aromatic heterocycles. The summed E-state index contributed by atoms with van der Waals surface area (Å²) >= 11 is 0. The molecule has 4 nitrogen and oxygen atoms in total. The lowest BCUT2D eigenvalue weighted by Gasteiger charge is -2.09. The molecule has 28 heavy (non-hydrogen) atoms. The van der Waals surface area contributed by atoms with Gasteiger partial charge in [-0.1, -0.05) is 12.1 Å². The van der Waals surface area contributed by atoms with Crippen LogP contribution in [0, 0.1) is 13.8 Å². The minimum Gasteiger partial charge on any atom is -0.364 e. The molecular weight excluding hydrogens is 369 g/mol. The van der Waals surface area contributed by atoms with Crippen LogP contribution in [0.25, 0.3) is 11.1 Å². The van der Waals surface area contributed by atoms with E-state index in [2.05, 4.69) is 9.97 Å². The van der Waals surface area contributed by atoms with Crippen LogP contribution in [-0.4, -0.2) is 9.97 Å². The van der Waals surface area contributed by atoms with Gasteiger partial charge >= 0.3 is 6.18 Å². The average molecular weight is 388 g/mol. The number of rotatable bonds is 4. The van der Waals surface area contributed by atoms with Crippen LogP contribution < -0.4 is 10.9 Å². The molecule has 146 valence electrons. The van der Waals surface area contributed by atoms with E-state index in [1.54, 1.807) is 13.8 Å². The monoisotopic (exact) mass is 388 g/mol. The lowest BCUT2D eigenvalue weighted by Crippen LogP contribution is -2.16. The van der Waals surface area contributed by atoms with Gasteiger partial charge in [0.15, 0.2) is 10.9 Å². The number of pyridine rings is 2. The number of H-pyrrole nitrogens is 2. The van der Waals surface area contributed by atoms with Crippen molar-refractivity contribution >= 4 is 0 Å². The summed E-state index contributed by atoms with van der Waals surface area (Å²) in [5, 5.41) is 0. The van der Waals surface area contributed by atoms with Crippen molar-refractivity contribution in [2.45, 2.75) is 32.9 Å². The lowest BCUT2D eigenvalue weighted by atomic mass is 10.0. The molecule has 0 aliphatic heterocycles. The van der Waals surface area contributed by atoms with Crippen molar-refractivity contribution in [2.24, 2.45) is 0 Å². The van der Waals surface area contributed by atoms with Crippen molar-refractivity contribution in [2.75, 3.05) is 0 Å². The molecule has 0 bridgehead atoms. The number of aromatic amines is 2. The first-order valence-electron chi connectivity index (χ1n) is 8.74. The summed E-state index contributed by atoms with van der Waals surface area (Å²) in [6, 6.07) is 7.84.